The van der Waals surface area contributed by atoms with Crippen molar-refractivity contribution in [2.75, 3.05) is 0 Å². The number of nitrogens with zero attached hydrogens (tertiary/aromatic N) is 1. The highest BCUT2D eigenvalue weighted by molar-refractivity contribution is 6.12. The van der Waals surface area contributed by atoms with Crippen molar-refractivity contribution in [1.29, 1.82) is 5.26 Å². The molecule has 0 radical (unpaired) electrons. The summed E-state index contributed by atoms with van der Waals surface area (Å²) in [7, 11) is 0. The van der Waals surface area contributed by atoms with Crippen LogP contribution in [-0.4, -0.2) is 4.98 Å². The zero-order valence-corrected chi connectivity index (χ0v) is 17.5. The Morgan fingerprint density at radius 1 is 0.594 bits per heavy atom. The van der Waals surface area contributed by atoms with E-state index in [2.05, 4.69) is 89.9 Å². The maximum Gasteiger partial charge on any atom is 0.0992 e. The van der Waals surface area contributed by atoms with Crippen molar-refractivity contribution >= 4 is 32.6 Å². The van der Waals surface area contributed by atoms with Gasteiger partial charge in [-0.05, 0) is 63.7 Å². The van der Waals surface area contributed by atoms with Gasteiger partial charge in [0.15, 0.2) is 0 Å². The van der Waals surface area contributed by atoms with Gasteiger partial charge in [0.25, 0.3) is 0 Å². The molecule has 0 aliphatic heterocycles. The first-order chi connectivity index (χ1) is 15.8. The SMILES string of the molecule is N#Cc1ccc2c(c1)[nH]c1cc3ccccc3cc12.c1ccc2c(c1)Cc1ccccc1-2. The zero-order valence-electron chi connectivity index (χ0n) is 17.5. The van der Waals surface area contributed by atoms with Gasteiger partial charge in [-0.2, -0.15) is 5.26 Å². The second-order valence-corrected chi connectivity index (χ2v) is 8.23. The maximum atomic E-state index is 8.96. The fourth-order valence-corrected chi connectivity index (χ4v) is 4.74. The average molecular weight is 409 g/mol. The quantitative estimate of drug-likeness (QED) is 0.276. The van der Waals surface area contributed by atoms with Crippen molar-refractivity contribution in [1.82, 2.24) is 4.98 Å². The van der Waals surface area contributed by atoms with E-state index in [1.54, 1.807) is 0 Å². The van der Waals surface area contributed by atoms with Gasteiger partial charge in [0, 0.05) is 21.8 Å². The van der Waals surface area contributed by atoms with Crippen LogP contribution in [0.25, 0.3) is 43.7 Å². The molecular weight excluding hydrogens is 388 g/mol. The Labute approximate surface area is 186 Å². The minimum atomic E-state index is 0.684. The summed E-state index contributed by atoms with van der Waals surface area (Å²) in [5.41, 5.74) is 8.57. The van der Waals surface area contributed by atoms with E-state index in [0.717, 1.165) is 17.5 Å². The van der Waals surface area contributed by atoms with Crippen LogP contribution in [0.15, 0.2) is 103 Å². The second kappa shape index (κ2) is 7.41. The van der Waals surface area contributed by atoms with Crippen molar-refractivity contribution in [3.05, 3.63) is 120 Å². The van der Waals surface area contributed by atoms with Crippen LogP contribution in [0.1, 0.15) is 16.7 Å². The van der Waals surface area contributed by atoms with Gasteiger partial charge in [-0.15, -0.1) is 0 Å². The van der Waals surface area contributed by atoms with E-state index in [1.165, 1.54) is 43.8 Å². The Balaban J connectivity index is 0.000000131. The Kier molecular flexibility index (Phi) is 4.26. The minimum Gasteiger partial charge on any atom is -0.354 e. The van der Waals surface area contributed by atoms with Gasteiger partial charge in [-0.3, -0.25) is 0 Å². The van der Waals surface area contributed by atoms with E-state index in [0.29, 0.717) is 5.56 Å². The summed E-state index contributed by atoms with van der Waals surface area (Å²) in [4.78, 5) is 3.39. The molecule has 1 heterocycles. The number of nitriles is 1. The summed E-state index contributed by atoms with van der Waals surface area (Å²) in [6.07, 6.45) is 1.10. The molecule has 1 aliphatic carbocycles. The number of fused-ring (bicyclic) bond motifs is 7. The number of rotatable bonds is 0. The number of nitrogens with one attached hydrogen (secondary N) is 1. The maximum absolute atomic E-state index is 8.96. The van der Waals surface area contributed by atoms with E-state index in [1.807, 2.05) is 24.3 Å². The third-order valence-electron chi connectivity index (χ3n) is 6.30. The molecule has 32 heavy (non-hydrogen) atoms. The van der Waals surface area contributed by atoms with E-state index in [9.17, 15) is 0 Å². The molecule has 0 atom stereocenters. The molecule has 2 heteroatoms. The van der Waals surface area contributed by atoms with Gasteiger partial charge >= 0.3 is 0 Å². The van der Waals surface area contributed by atoms with E-state index >= 15 is 0 Å². The van der Waals surface area contributed by atoms with Crippen LogP contribution in [0.2, 0.25) is 0 Å². The topological polar surface area (TPSA) is 39.6 Å². The Hall–Kier alpha value is -4.35. The van der Waals surface area contributed by atoms with E-state index in [4.69, 9.17) is 5.26 Å². The Bertz CT molecular complexity index is 1620. The highest BCUT2D eigenvalue weighted by atomic mass is 14.7. The largest absolute Gasteiger partial charge is 0.354 e. The van der Waals surface area contributed by atoms with Gasteiger partial charge in [-0.1, -0.05) is 78.9 Å². The lowest BCUT2D eigenvalue weighted by atomic mass is 10.1. The smallest absolute Gasteiger partial charge is 0.0992 e. The molecule has 1 aliphatic rings. The van der Waals surface area contributed by atoms with E-state index in [-0.39, 0.29) is 0 Å². The summed E-state index contributed by atoms with van der Waals surface area (Å²) < 4.78 is 0. The summed E-state index contributed by atoms with van der Waals surface area (Å²) in [6, 6.07) is 38.0. The standard InChI is InChI=1S/C17H10N2.C13H10/c18-10-11-5-6-14-15-8-12-3-1-2-4-13(12)9-17(15)19-16(14)7-11;1-3-7-12-10(5-1)9-11-6-2-4-8-13(11)12/h1-9,19H;1-8H,9H2. The molecule has 0 amide bonds. The van der Waals surface area contributed by atoms with Crippen LogP contribution < -0.4 is 0 Å². The van der Waals surface area contributed by atoms with Gasteiger partial charge in [0.1, 0.15) is 0 Å². The summed E-state index contributed by atoms with van der Waals surface area (Å²) in [5, 5.41) is 13.8. The lowest BCUT2D eigenvalue weighted by molar-refractivity contribution is 1.26. The molecule has 2 nitrogen and oxygen atoms in total. The molecule has 6 aromatic rings. The zero-order chi connectivity index (χ0) is 21.5. The molecule has 0 saturated heterocycles. The summed E-state index contributed by atoms with van der Waals surface area (Å²) in [6.45, 7) is 0. The lowest BCUT2D eigenvalue weighted by Gasteiger charge is -1.98. The third-order valence-corrected chi connectivity index (χ3v) is 6.30. The number of H-pyrrole nitrogens is 1. The molecular formula is C30H20N2. The molecule has 0 saturated carbocycles. The van der Waals surface area contributed by atoms with Crippen LogP contribution in [0.5, 0.6) is 0 Å². The van der Waals surface area contributed by atoms with Crippen LogP contribution >= 0.6 is 0 Å². The minimum absolute atomic E-state index is 0.684. The number of hydrogen-bond donors (Lipinski definition) is 1. The lowest BCUT2D eigenvalue weighted by Crippen LogP contribution is -1.77. The van der Waals surface area contributed by atoms with E-state index < -0.39 is 0 Å². The number of aromatic nitrogens is 1. The van der Waals surface area contributed by atoms with Gasteiger partial charge in [-0.25, -0.2) is 0 Å². The molecule has 0 fully saturated rings. The first kappa shape index (κ1) is 18.4. The molecule has 7 rings (SSSR count). The third kappa shape index (κ3) is 3.04. The first-order valence-corrected chi connectivity index (χ1v) is 10.8. The summed E-state index contributed by atoms with van der Waals surface area (Å²) >= 11 is 0. The first-order valence-electron chi connectivity index (χ1n) is 10.8. The van der Waals surface area contributed by atoms with Crippen molar-refractivity contribution in [2.45, 2.75) is 6.42 Å². The number of hydrogen-bond acceptors (Lipinski definition) is 1. The predicted octanol–water partition coefficient (Wildman–Crippen LogP) is 7.60. The molecule has 1 N–H and O–H groups in total. The second-order valence-electron chi connectivity index (χ2n) is 8.23. The molecule has 150 valence electrons. The monoisotopic (exact) mass is 408 g/mol. The van der Waals surface area contributed by atoms with Crippen molar-refractivity contribution in [3.63, 3.8) is 0 Å². The Morgan fingerprint density at radius 2 is 1.19 bits per heavy atom. The normalized spacial score (nSPS) is 11.6. The van der Waals surface area contributed by atoms with Crippen molar-refractivity contribution in [3.8, 4) is 17.2 Å². The average Bonchev–Trinajstić information content (AvgIpc) is 3.40. The number of benzene rings is 5. The Morgan fingerprint density at radius 3 is 1.88 bits per heavy atom. The number of aromatic amines is 1. The molecule has 0 bridgehead atoms. The van der Waals surface area contributed by atoms with Crippen LogP contribution in [0.3, 0.4) is 0 Å². The van der Waals surface area contributed by atoms with Gasteiger partial charge < -0.3 is 4.98 Å². The molecule has 0 unspecified atom stereocenters. The molecule has 1 aromatic heterocycles. The van der Waals surface area contributed by atoms with Crippen LogP contribution in [0, 0.1) is 11.3 Å². The predicted molar refractivity (Wildman–Crippen MR) is 133 cm³/mol. The molecule has 0 spiro atoms. The van der Waals surface area contributed by atoms with Crippen molar-refractivity contribution in [2.24, 2.45) is 0 Å². The van der Waals surface area contributed by atoms with Crippen LogP contribution in [0.4, 0.5) is 0 Å². The highest BCUT2D eigenvalue weighted by Crippen LogP contribution is 2.35. The molecule has 5 aromatic carbocycles. The van der Waals surface area contributed by atoms with Gasteiger partial charge in [0.05, 0.1) is 11.6 Å². The van der Waals surface area contributed by atoms with Crippen molar-refractivity contribution < 1.29 is 0 Å². The fraction of sp³-hybridized carbons (Fsp3) is 0.0333. The van der Waals surface area contributed by atoms with Crippen LogP contribution in [-0.2, 0) is 6.42 Å². The highest BCUT2D eigenvalue weighted by Gasteiger charge is 2.15. The summed E-state index contributed by atoms with van der Waals surface area (Å²) in [5.74, 6) is 0. The van der Waals surface area contributed by atoms with Gasteiger partial charge in [0.2, 0.25) is 0 Å². The fourth-order valence-electron chi connectivity index (χ4n) is 4.74.